The van der Waals surface area contributed by atoms with Crippen LogP contribution in [0.2, 0.25) is 0 Å². The fourth-order valence-corrected chi connectivity index (χ4v) is 10.3. The third-order valence-corrected chi connectivity index (χ3v) is 14.8. The zero-order valence-electron chi connectivity index (χ0n) is 43.6. The molecule has 0 amide bonds. The van der Waals surface area contributed by atoms with Crippen LogP contribution in [0.15, 0.2) is 134 Å². The van der Waals surface area contributed by atoms with E-state index in [9.17, 15) is 13.2 Å². The van der Waals surface area contributed by atoms with Gasteiger partial charge in [-0.3, -0.25) is 4.57 Å². The smallest absolute Gasteiger partial charge is 0.321 e. The number of benzene rings is 6. The Balaban J connectivity index is 1.17. The average molecular weight is 939 g/mol. The van der Waals surface area contributed by atoms with Gasteiger partial charge in [0.25, 0.3) is 0 Å². The third kappa shape index (κ3) is 8.79. The predicted octanol–water partition coefficient (Wildman–Crippen LogP) is 18.4. The lowest BCUT2D eigenvalue weighted by atomic mass is 9.77. The van der Waals surface area contributed by atoms with E-state index in [0.717, 1.165) is 50.0 Å². The summed E-state index contributed by atoms with van der Waals surface area (Å²) >= 11 is 0. The molecule has 6 aromatic carbocycles. The lowest BCUT2D eigenvalue weighted by molar-refractivity contribution is -0.137. The number of fused-ring (bicyclic) bond motifs is 4. The van der Waals surface area contributed by atoms with Crippen LogP contribution in [0, 0.1) is 0 Å². The van der Waals surface area contributed by atoms with Gasteiger partial charge in [-0.15, -0.1) is 0 Å². The maximum absolute atomic E-state index is 14.5. The maximum Gasteiger partial charge on any atom is 0.416 e. The summed E-state index contributed by atoms with van der Waals surface area (Å²) in [7, 11) is 0. The summed E-state index contributed by atoms with van der Waals surface area (Å²) in [5.41, 5.74) is 15.4. The van der Waals surface area contributed by atoms with Gasteiger partial charge in [0.15, 0.2) is 0 Å². The van der Waals surface area contributed by atoms with Gasteiger partial charge in [0.1, 0.15) is 12.5 Å². The molecule has 2 aromatic heterocycles. The number of hydrogen-bond acceptors (Lipinski definition) is 3. The fraction of sp³-hybridized carbons (Fsp3) is 0.349. The molecule has 0 saturated carbocycles. The number of rotatable bonds is 9. The molecule has 7 heteroatoms. The van der Waals surface area contributed by atoms with Crippen molar-refractivity contribution < 1.29 is 13.2 Å². The van der Waals surface area contributed by atoms with E-state index in [1.165, 1.54) is 51.2 Å². The van der Waals surface area contributed by atoms with Crippen LogP contribution in [0.25, 0.3) is 38.8 Å². The molecule has 9 rings (SSSR count). The summed E-state index contributed by atoms with van der Waals surface area (Å²) in [5, 5.41) is 1.61. The van der Waals surface area contributed by atoms with Crippen LogP contribution in [0.5, 0.6) is 0 Å². The van der Waals surface area contributed by atoms with E-state index in [4.69, 9.17) is 4.98 Å². The second kappa shape index (κ2) is 17.5. The van der Waals surface area contributed by atoms with E-state index >= 15 is 0 Å². The van der Waals surface area contributed by atoms with E-state index in [0.29, 0.717) is 23.9 Å². The largest absolute Gasteiger partial charge is 0.416 e. The van der Waals surface area contributed by atoms with Gasteiger partial charge in [0, 0.05) is 33.8 Å². The molecule has 0 bridgehead atoms. The molecule has 0 aliphatic carbocycles. The molecule has 0 fully saturated rings. The van der Waals surface area contributed by atoms with E-state index in [1.54, 1.807) is 6.07 Å². The summed E-state index contributed by atoms with van der Waals surface area (Å²) in [5.74, 6) is 1.44. The van der Waals surface area contributed by atoms with E-state index < -0.39 is 17.2 Å². The zero-order chi connectivity index (χ0) is 50.4. The number of pyridine rings is 1. The summed E-state index contributed by atoms with van der Waals surface area (Å²) in [6, 6.07) is 43.9. The highest BCUT2D eigenvalue weighted by Gasteiger charge is 2.34. The van der Waals surface area contributed by atoms with Gasteiger partial charge in [-0.25, -0.2) is 4.98 Å². The first-order chi connectivity index (χ1) is 32.8. The van der Waals surface area contributed by atoms with Crippen LogP contribution in [0.4, 0.5) is 35.9 Å². The molecule has 3 heterocycles. The monoisotopic (exact) mass is 939 g/mol. The summed E-state index contributed by atoms with van der Waals surface area (Å²) in [6.45, 7) is 32.2. The molecular formula is C63H69F3N4. The topological polar surface area (TPSA) is 24.3 Å². The van der Waals surface area contributed by atoms with E-state index in [1.807, 2.05) is 16.8 Å². The van der Waals surface area contributed by atoms with Crippen LogP contribution in [-0.4, -0.2) is 16.2 Å². The lowest BCUT2D eigenvalue weighted by Crippen LogP contribution is -2.26. The molecule has 0 N–H and O–H groups in total. The Morgan fingerprint density at radius 3 is 1.53 bits per heavy atom. The summed E-state index contributed by atoms with van der Waals surface area (Å²) in [6.07, 6.45) is -2.71. The number of hydrogen-bond donors (Lipinski definition) is 0. The number of alkyl halides is 3. The molecule has 0 saturated heterocycles. The van der Waals surface area contributed by atoms with Gasteiger partial charge < -0.3 is 9.80 Å². The van der Waals surface area contributed by atoms with Crippen LogP contribution < -0.4 is 9.80 Å². The van der Waals surface area contributed by atoms with Crippen LogP contribution in [-0.2, 0) is 22.4 Å². The Morgan fingerprint density at radius 2 is 1.00 bits per heavy atom. The van der Waals surface area contributed by atoms with Crippen LogP contribution in [0.3, 0.4) is 0 Å². The van der Waals surface area contributed by atoms with Crippen LogP contribution in [0.1, 0.15) is 159 Å². The van der Waals surface area contributed by atoms with Gasteiger partial charge in [-0.05, 0) is 145 Å². The quantitative estimate of drug-likeness (QED) is 0.144. The first-order valence-corrected chi connectivity index (χ1v) is 25.0. The summed E-state index contributed by atoms with van der Waals surface area (Å²) in [4.78, 5) is 9.79. The van der Waals surface area contributed by atoms with Crippen molar-refractivity contribution in [2.75, 3.05) is 16.5 Å². The number of nitrogens with zero attached hydrogens (tertiary/aromatic N) is 4. The molecule has 1 aliphatic rings. The number of halogens is 3. The Labute approximate surface area is 414 Å². The van der Waals surface area contributed by atoms with Crippen molar-refractivity contribution in [2.45, 2.75) is 137 Å². The normalized spacial score (nSPS) is 13.8. The molecule has 8 aromatic rings. The molecule has 0 atom stereocenters. The van der Waals surface area contributed by atoms with Crippen molar-refractivity contribution >= 4 is 44.6 Å². The van der Waals surface area contributed by atoms with Crippen molar-refractivity contribution in [3.63, 3.8) is 0 Å². The van der Waals surface area contributed by atoms with Crippen LogP contribution >= 0.6 is 0 Å². The van der Waals surface area contributed by atoms with Gasteiger partial charge >= 0.3 is 6.18 Å². The molecule has 362 valence electrons. The maximum atomic E-state index is 14.5. The predicted molar refractivity (Wildman–Crippen MR) is 289 cm³/mol. The van der Waals surface area contributed by atoms with Crippen molar-refractivity contribution in [3.8, 4) is 16.9 Å². The number of anilines is 4. The molecule has 0 spiro atoms. The third-order valence-electron chi connectivity index (χ3n) is 14.8. The highest BCUT2D eigenvalue weighted by atomic mass is 19.4. The van der Waals surface area contributed by atoms with Gasteiger partial charge in [0.2, 0.25) is 0 Å². The van der Waals surface area contributed by atoms with Crippen molar-refractivity contribution in [3.05, 3.63) is 178 Å². The minimum Gasteiger partial charge on any atom is -0.321 e. The Hall–Kier alpha value is -6.34. The second-order valence-corrected chi connectivity index (χ2v) is 23.2. The van der Waals surface area contributed by atoms with E-state index in [-0.39, 0.29) is 22.7 Å². The first-order valence-electron chi connectivity index (χ1n) is 25.0. The zero-order valence-corrected chi connectivity index (χ0v) is 43.6. The summed E-state index contributed by atoms with van der Waals surface area (Å²) < 4.78 is 45.6. The van der Waals surface area contributed by atoms with Crippen molar-refractivity contribution in [1.29, 1.82) is 0 Å². The van der Waals surface area contributed by atoms with Crippen molar-refractivity contribution in [1.82, 2.24) is 9.55 Å². The fourth-order valence-electron chi connectivity index (χ4n) is 10.3. The highest BCUT2D eigenvalue weighted by molar-refractivity contribution is 6.09. The number of aromatic nitrogens is 2. The highest BCUT2D eigenvalue weighted by Crippen LogP contribution is 2.48. The Morgan fingerprint density at radius 1 is 0.486 bits per heavy atom. The van der Waals surface area contributed by atoms with Gasteiger partial charge in [0.05, 0.1) is 28.0 Å². The molecule has 1 aliphatic heterocycles. The molecule has 4 nitrogen and oxygen atoms in total. The van der Waals surface area contributed by atoms with Crippen molar-refractivity contribution in [2.24, 2.45) is 0 Å². The van der Waals surface area contributed by atoms with E-state index in [2.05, 4.69) is 210 Å². The lowest BCUT2D eigenvalue weighted by Gasteiger charge is -2.30. The van der Waals surface area contributed by atoms with Gasteiger partial charge in [-0.1, -0.05) is 158 Å². The minimum atomic E-state index is -4.52. The standard InChI is InChI=1S/C63H69F3N4/c1-38(2)42-28-52(39(3)4)59(53(29-42)40(5)6)41-26-27-67-58(30-41)70-56-35-44(22-24-50(56)51-25-23-45(36-57(51)70)63(64,65)66)62(13,14)43-18-17-19-48(32-43)68-37-69(55-21-16-15-20-54(55)68)49-33-46(60(7,8)9)31-47(34-49)61(10,11)12/h15-36,38-40H,37H2,1-14H3. The molecule has 0 radical (unpaired) electrons. The molecule has 0 unspecified atom stereocenters. The minimum absolute atomic E-state index is 0.0199. The number of para-hydroxylation sites is 2. The average Bonchev–Trinajstić information content (AvgIpc) is 3.86. The molecular weight excluding hydrogens is 870 g/mol. The SMILES string of the molecule is CC(C)c1cc(C(C)C)c(-c2ccnc(-n3c4cc(C(F)(F)F)ccc4c4ccc(C(C)(C)c5cccc(N6CN(c7cc(C(C)(C)C)cc(C(C)(C)C)c7)c7ccccc76)c5)cc43)c2)c(C(C)C)c1. The Kier molecular flexibility index (Phi) is 12.2. The van der Waals surface area contributed by atoms with Gasteiger partial charge in [-0.2, -0.15) is 13.2 Å². The first kappa shape index (κ1) is 48.7. The second-order valence-electron chi connectivity index (χ2n) is 23.2. The molecule has 70 heavy (non-hydrogen) atoms. The Bertz CT molecular complexity index is 3220.